The lowest BCUT2D eigenvalue weighted by atomic mass is 9.98. The molecule has 0 atom stereocenters. The molecule has 0 spiro atoms. The fourth-order valence-electron chi connectivity index (χ4n) is 2.31. The summed E-state index contributed by atoms with van der Waals surface area (Å²) < 4.78 is 5.91. The predicted octanol–water partition coefficient (Wildman–Crippen LogP) is 3.58. The molecule has 0 amide bonds. The van der Waals surface area contributed by atoms with E-state index in [0.29, 0.717) is 12.5 Å². The average Bonchev–Trinajstić information content (AvgIpc) is 2.66. The predicted molar refractivity (Wildman–Crippen MR) is 67.6 cm³/mol. The van der Waals surface area contributed by atoms with Gasteiger partial charge in [-0.2, -0.15) is 0 Å². The maximum absolute atomic E-state index is 5.91. The van der Waals surface area contributed by atoms with Gasteiger partial charge < -0.3 is 10.2 Å². The van der Waals surface area contributed by atoms with Crippen LogP contribution in [0.25, 0.3) is 11.0 Å². The number of rotatable bonds is 3. The molecular formula is C14H19NO. The van der Waals surface area contributed by atoms with Crippen LogP contribution in [0, 0.1) is 0 Å². The monoisotopic (exact) mass is 217 g/mol. The quantitative estimate of drug-likeness (QED) is 0.853. The number of aryl methyl sites for hydroxylation is 1. The highest BCUT2D eigenvalue weighted by atomic mass is 16.3. The Balaban J connectivity index is 2.77. The zero-order chi connectivity index (χ0) is 11.7. The van der Waals surface area contributed by atoms with Gasteiger partial charge in [-0.1, -0.05) is 39.0 Å². The second-order valence-electron chi connectivity index (χ2n) is 4.45. The molecule has 0 saturated heterocycles. The molecule has 2 N–H and O–H groups in total. The molecule has 2 rings (SSSR count). The van der Waals surface area contributed by atoms with Crippen LogP contribution in [0.4, 0.5) is 0 Å². The topological polar surface area (TPSA) is 39.2 Å². The summed E-state index contributed by atoms with van der Waals surface area (Å²) in [6.07, 6.45) is 0.992. The van der Waals surface area contributed by atoms with Gasteiger partial charge >= 0.3 is 0 Å². The molecule has 0 aliphatic heterocycles. The van der Waals surface area contributed by atoms with Crippen molar-refractivity contribution >= 4 is 11.0 Å². The van der Waals surface area contributed by atoms with Crippen molar-refractivity contribution in [3.8, 4) is 0 Å². The molecule has 0 aliphatic carbocycles. The van der Waals surface area contributed by atoms with Gasteiger partial charge in [0, 0.05) is 10.9 Å². The van der Waals surface area contributed by atoms with Crippen LogP contribution < -0.4 is 5.73 Å². The molecule has 1 heterocycles. The van der Waals surface area contributed by atoms with Gasteiger partial charge in [-0.05, 0) is 17.9 Å². The zero-order valence-electron chi connectivity index (χ0n) is 10.2. The van der Waals surface area contributed by atoms with E-state index in [9.17, 15) is 0 Å². The number of fused-ring (bicyclic) bond motifs is 1. The van der Waals surface area contributed by atoms with E-state index in [1.165, 1.54) is 16.5 Å². The summed E-state index contributed by atoms with van der Waals surface area (Å²) in [5, 5.41) is 1.23. The molecule has 0 radical (unpaired) electrons. The third-order valence-electron chi connectivity index (χ3n) is 3.06. The van der Waals surface area contributed by atoms with Crippen molar-refractivity contribution in [3.63, 3.8) is 0 Å². The van der Waals surface area contributed by atoms with Crippen LogP contribution in [0.3, 0.4) is 0 Å². The first kappa shape index (κ1) is 11.2. The van der Waals surface area contributed by atoms with Gasteiger partial charge in [-0.25, -0.2) is 0 Å². The minimum atomic E-state index is 0.451. The van der Waals surface area contributed by atoms with Crippen molar-refractivity contribution in [1.82, 2.24) is 0 Å². The maximum Gasteiger partial charge on any atom is 0.137 e. The molecule has 2 aromatic rings. The van der Waals surface area contributed by atoms with Crippen molar-refractivity contribution in [3.05, 3.63) is 35.1 Å². The highest BCUT2D eigenvalue weighted by Gasteiger charge is 2.17. The maximum atomic E-state index is 5.91. The van der Waals surface area contributed by atoms with E-state index in [2.05, 4.69) is 39.0 Å². The highest BCUT2D eigenvalue weighted by molar-refractivity contribution is 5.85. The van der Waals surface area contributed by atoms with Gasteiger partial charge in [0.2, 0.25) is 0 Å². The molecule has 1 aromatic carbocycles. The van der Waals surface area contributed by atoms with Crippen molar-refractivity contribution in [2.24, 2.45) is 5.73 Å². The molecule has 0 aliphatic rings. The summed E-state index contributed by atoms with van der Waals surface area (Å²) in [4.78, 5) is 0. The first-order chi connectivity index (χ1) is 7.69. The largest absolute Gasteiger partial charge is 0.459 e. The molecule has 16 heavy (non-hydrogen) atoms. The smallest absolute Gasteiger partial charge is 0.137 e. The van der Waals surface area contributed by atoms with Crippen molar-refractivity contribution in [1.29, 1.82) is 0 Å². The highest BCUT2D eigenvalue weighted by Crippen LogP contribution is 2.33. The van der Waals surface area contributed by atoms with E-state index in [1.54, 1.807) is 0 Å². The number of benzene rings is 1. The fraction of sp³-hybridized carbons (Fsp3) is 0.429. The Morgan fingerprint density at radius 3 is 2.62 bits per heavy atom. The Kier molecular flexibility index (Phi) is 3.01. The number of para-hydroxylation sites is 1. The second-order valence-corrected chi connectivity index (χ2v) is 4.45. The Bertz CT molecular complexity index is 497. The van der Waals surface area contributed by atoms with E-state index < -0.39 is 0 Å². The Labute approximate surface area is 96.4 Å². The molecule has 0 fully saturated rings. The fourth-order valence-corrected chi connectivity index (χ4v) is 2.31. The lowest BCUT2D eigenvalue weighted by Gasteiger charge is -2.04. The Morgan fingerprint density at radius 1 is 1.31 bits per heavy atom. The van der Waals surface area contributed by atoms with E-state index in [-0.39, 0.29) is 0 Å². The minimum Gasteiger partial charge on any atom is -0.459 e. The molecule has 0 unspecified atom stereocenters. The van der Waals surface area contributed by atoms with Crippen LogP contribution >= 0.6 is 0 Å². The van der Waals surface area contributed by atoms with Crippen LogP contribution in [-0.2, 0) is 13.0 Å². The van der Waals surface area contributed by atoms with Crippen molar-refractivity contribution in [2.75, 3.05) is 0 Å². The van der Waals surface area contributed by atoms with E-state index >= 15 is 0 Å². The van der Waals surface area contributed by atoms with E-state index in [4.69, 9.17) is 10.2 Å². The summed E-state index contributed by atoms with van der Waals surface area (Å²) in [6, 6.07) is 6.35. The Morgan fingerprint density at radius 2 is 2.06 bits per heavy atom. The molecule has 2 nitrogen and oxygen atoms in total. The summed E-state index contributed by atoms with van der Waals surface area (Å²) in [7, 11) is 0. The van der Waals surface area contributed by atoms with Gasteiger partial charge in [-0.3, -0.25) is 0 Å². The number of nitrogens with two attached hydrogens (primary N) is 1. The lowest BCUT2D eigenvalue weighted by Crippen LogP contribution is -1.99. The van der Waals surface area contributed by atoms with Gasteiger partial charge in [0.15, 0.2) is 0 Å². The third-order valence-corrected chi connectivity index (χ3v) is 3.06. The first-order valence-electron chi connectivity index (χ1n) is 5.92. The summed E-state index contributed by atoms with van der Waals surface area (Å²) in [5.41, 5.74) is 9.31. The van der Waals surface area contributed by atoms with Crippen LogP contribution in [0.15, 0.2) is 22.6 Å². The van der Waals surface area contributed by atoms with E-state index in [1.807, 2.05) is 0 Å². The average molecular weight is 217 g/mol. The molecular weight excluding hydrogens is 198 g/mol. The third kappa shape index (κ3) is 1.63. The molecule has 0 bridgehead atoms. The van der Waals surface area contributed by atoms with Crippen LogP contribution in [0.2, 0.25) is 0 Å². The second kappa shape index (κ2) is 4.30. The standard InChI is InChI=1S/C14H19NO/c1-4-10-6-5-7-11-13(9(2)3)12(8-15)16-14(10)11/h5-7,9H,4,8,15H2,1-3H3. The van der Waals surface area contributed by atoms with Gasteiger partial charge in [-0.15, -0.1) is 0 Å². The SMILES string of the molecule is CCc1cccc2c(C(C)C)c(CN)oc12. The summed E-state index contributed by atoms with van der Waals surface area (Å²) >= 11 is 0. The molecule has 2 heteroatoms. The molecule has 0 saturated carbocycles. The Hall–Kier alpha value is -1.28. The van der Waals surface area contributed by atoms with E-state index in [0.717, 1.165) is 17.8 Å². The van der Waals surface area contributed by atoms with Gasteiger partial charge in [0.25, 0.3) is 0 Å². The summed E-state index contributed by atoms with van der Waals surface area (Å²) in [5.74, 6) is 1.39. The lowest BCUT2D eigenvalue weighted by molar-refractivity contribution is 0.539. The molecule has 86 valence electrons. The van der Waals surface area contributed by atoms with Crippen LogP contribution in [0.1, 0.15) is 43.6 Å². The number of hydrogen-bond donors (Lipinski definition) is 1. The van der Waals surface area contributed by atoms with Gasteiger partial charge in [0.05, 0.1) is 6.54 Å². The number of hydrogen-bond acceptors (Lipinski definition) is 2. The van der Waals surface area contributed by atoms with Crippen LogP contribution in [-0.4, -0.2) is 0 Å². The minimum absolute atomic E-state index is 0.451. The van der Waals surface area contributed by atoms with Crippen LogP contribution in [0.5, 0.6) is 0 Å². The van der Waals surface area contributed by atoms with Crippen molar-refractivity contribution in [2.45, 2.75) is 39.7 Å². The normalized spacial score (nSPS) is 11.6. The van der Waals surface area contributed by atoms with Crippen molar-refractivity contribution < 1.29 is 4.42 Å². The number of furan rings is 1. The molecule has 1 aromatic heterocycles. The van der Waals surface area contributed by atoms with Gasteiger partial charge in [0.1, 0.15) is 11.3 Å². The zero-order valence-corrected chi connectivity index (χ0v) is 10.2. The summed E-state index contributed by atoms with van der Waals surface area (Å²) in [6.45, 7) is 6.99. The first-order valence-corrected chi connectivity index (χ1v) is 5.92.